The summed E-state index contributed by atoms with van der Waals surface area (Å²) in [6.45, 7) is 7.13. The van der Waals surface area contributed by atoms with Gasteiger partial charge in [0.05, 0.1) is 5.71 Å². The van der Waals surface area contributed by atoms with Crippen molar-refractivity contribution in [1.82, 2.24) is 15.6 Å². The van der Waals surface area contributed by atoms with Crippen LogP contribution in [0.15, 0.2) is 44.9 Å². The van der Waals surface area contributed by atoms with Crippen LogP contribution in [0.25, 0.3) is 0 Å². The van der Waals surface area contributed by atoms with Crippen LogP contribution in [0.4, 0.5) is 0 Å². The summed E-state index contributed by atoms with van der Waals surface area (Å²) in [6, 6.07) is 3.70. The molecule has 0 atom stereocenters. The Kier molecular flexibility index (Phi) is 9.00. The molecule has 124 valence electrons. The zero-order valence-electron chi connectivity index (χ0n) is 13.4. The summed E-state index contributed by atoms with van der Waals surface area (Å²) in [7, 11) is 0. The highest BCUT2D eigenvalue weighted by Gasteiger charge is 2.08. The standard InChI is InChI=1S/C14H21N7S2/c1-4-16-13(22)20-18-10(3)12(11-7-6-8-15-9-11)19-21-14(23)17-5-2/h6-9H,4-5H2,1-3H3,(H2,16,20,22)(H2,17,21,23)/b18-10+,19-12-. The maximum Gasteiger partial charge on any atom is 0.180 e. The Hall–Kier alpha value is -1.87. The van der Waals surface area contributed by atoms with Gasteiger partial charge >= 0.3 is 0 Å². The van der Waals surface area contributed by atoms with Crippen LogP contribution in [0.5, 0.6) is 0 Å². The number of aromatic nitrogens is 1. The van der Waals surface area contributed by atoms with Crippen molar-refractivity contribution >= 4 is 47.0 Å². The first kappa shape index (κ1) is 19.2. The van der Waals surface area contributed by atoms with Gasteiger partial charge in [-0.05, 0) is 32.9 Å². The molecule has 0 amide bonds. The lowest BCUT2D eigenvalue weighted by Crippen LogP contribution is -2.18. The molecule has 0 bridgehead atoms. The SMILES string of the molecule is CCN/C(S)=N/N=C(C)/C(=N/N=C(\S)NCC)c1cccnc1. The molecule has 0 saturated heterocycles. The third kappa shape index (κ3) is 7.29. The van der Waals surface area contributed by atoms with E-state index in [4.69, 9.17) is 0 Å². The predicted octanol–water partition coefficient (Wildman–Crippen LogP) is 1.95. The van der Waals surface area contributed by atoms with Gasteiger partial charge < -0.3 is 10.6 Å². The first-order chi connectivity index (χ1) is 11.1. The summed E-state index contributed by atoms with van der Waals surface area (Å²) >= 11 is 8.39. The van der Waals surface area contributed by atoms with Crippen molar-refractivity contribution in [2.75, 3.05) is 13.1 Å². The van der Waals surface area contributed by atoms with Crippen LogP contribution >= 0.6 is 25.3 Å². The number of thiol groups is 2. The van der Waals surface area contributed by atoms with E-state index in [9.17, 15) is 0 Å². The molecule has 0 aliphatic carbocycles. The van der Waals surface area contributed by atoms with Crippen LogP contribution in [-0.2, 0) is 0 Å². The summed E-state index contributed by atoms with van der Waals surface area (Å²) < 4.78 is 0. The molecule has 7 nitrogen and oxygen atoms in total. The number of hydrogen-bond donors (Lipinski definition) is 4. The maximum absolute atomic E-state index is 4.22. The van der Waals surface area contributed by atoms with Crippen molar-refractivity contribution in [3.05, 3.63) is 30.1 Å². The van der Waals surface area contributed by atoms with Crippen molar-refractivity contribution < 1.29 is 0 Å². The topological polar surface area (TPSA) is 86.4 Å². The lowest BCUT2D eigenvalue weighted by atomic mass is 10.1. The first-order valence-corrected chi connectivity index (χ1v) is 8.02. The van der Waals surface area contributed by atoms with Crippen LogP contribution in [-0.4, -0.2) is 39.8 Å². The minimum Gasteiger partial charge on any atom is -0.364 e. The second-order valence-corrected chi connectivity index (χ2v) is 5.13. The molecule has 0 saturated carbocycles. The third-order valence-corrected chi connectivity index (χ3v) is 2.98. The van der Waals surface area contributed by atoms with Gasteiger partial charge in [-0.3, -0.25) is 4.98 Å². The second-order valence-electron chi connectivity index (χ2n) is 4.28. The van der Waals surface area contributed by atoms with Gasteiger partial charge in [0.25, 0.3) is 0 Å². The molecule has 1 rings (SSSR count). The van der Waals surface area contributed by atoms with Crippen LogP contribution in [0.3, 0.4) is 0 Å². The molecule has 9 heteroatoms. The van der Waals surface area contributed by atoms with Gasteiger partial charge in [-0.2, -0.15) is 5.10 Å². The number of nitrogens with zero attached hydrogens (tertiary/aromatic N) is 5. The predicted molar refractivity (Wildman–Crippen MR) is 104 cm³/mol. The highest BCUT2D eigenvalue weighted by molar-refractivity contribution is 7.97. The van der Waals surface area contributed by atoms with Gasteiger partial charge in [-0.15, -0.1) is 40.6 Å². The number of nitrogens with one attached hydrogen (secondary N) is 2. The van der Waals surface area contributed by atoms with Gasteiger partial charge in [0.2, 0.25) is 0 Å². The zero-order chi connectivity index (χ0) is 17.1. The summed E-state index contributed by atoms with van der Waals surface area (Å²) in [5, 5.41) is 23.2. The summed E-state index contributed by atoms with van der Waals surface area (Å²) in [6.07, 6.45) is 3.38. The summed E-state index contributed by atoms with van der Waals surface area (Å²) in [5.41, 5.74) is 1.93. The molecule has 0 fully saturated rings. The minimum absolute atomic E-state index is 0.424. The van der Waals surface area contributed by atoms with Crippen LogP contribution in [0, 0.1) is 0 Å². The number of amidine groups is 2. The van der Waals surface area contributed by atoms with Crippen LogP contribution < -0.4 is 10.6 Å². The Bertz CT molecular complexity index is 609. The molecule has 0 aliphatic rings. The van der Waals surface area contributed by atoms with Crippen molar-refractivity contribution in [3.63, 3.8) is 0 Å². The third-order valence-electron chi connectivity index (χ3n) is 2.49. The van der Waals surface area contributed by atoms with Crippen LogP contribution in [0.1, 0.15) is 26.3 Å². The fourth-order valence-corrected chi connectivity index (χ4v) is 1.90. The molecule has 0 unspecified atom stereocenters. The molecule has 1 aromatic rings. The fraction of sp³-hybridized carbons (Fsp3) is 0.357. The Balaban J connectivity index is 3.14. The monoisotopic (exact) mass is 351 g/mol. The number of hydrogen-bond acceptors (Lipinski definition) is 5. The van der Waals surface area contributed by atoms with Crippen molar-refractivity contribution in [3.8, 4) is 0 Å². The molecule has 0 spiro atoms. The Labute approximate surface area is 147 Å². The quantitative estimate of drug-likeness (QED) is 0.273. The number of pyridine rings is 1. The smallest absolute Gasteiger partial charge is 0.180 e. The summed E-state index contributed by atoms with van der Waals surface area (Å²) in [5.74, 6) is 0. The van der Waals surface area contributed by atoms with E-state index in [0.29, 0.717) is 28.3 Å². The summed E-state index contributed by atoms with van der Waals surface area (Å²) in [4.78, 5) is 4.09. The van der Waals surface area contributed by atoms with E-state index >= 15 is 0 Å². The lowest BCUT2D eigenvalue weighted by Gasteiger charge is -2.04. The van der Waals surface area contributed by atoms with Crippen molar-refractivity contribution in [1.29, 1.82) is 0 Å². The zero-order valence-corrected chi connectivity index (χ0v) is 15.1. The van der Waals surface area contributed by atoms with E-state index in [1.165, 1.54) is 0 Å². The lowest BCUT2D eigenvalue weighted by molar-refractivity contribution is 0.970. The van der Waals surface area contributed by atoms with Gasteiger partial charge in [-0.1, -0.05) is 0 Å². The highest BCUT2D eigenvalue weighted by Crippen LogP contribution is 2.03. The van der Waals surface area contributed by atoms with Crippen molar-refractivity contribution in [2.45, 2.75) is 20.8 Å². The molecule has 1 heterocycles. The second kappa shape index (κ2) is 10.8. The number of rotatable bonds is 6. The molecular formula is C14H21N7S2. The van der Waals surface area contributed by atoms with E-state index in [2.05, 4.69) is 61.3 Å². The fourth-order valence-electron chi connectivity index (χ4n) is 1.50. The molecule has 0 radical (unpaired) electrons. The Morgan fingerprint density at radius 2 is 1.65 bits per heavy atom. The van der Waals surface area contributed by atoms with E-state index in [-0.39, 0.29) is 0 Å². The van der Waals surface area contributed by atoms with E-state index in [0.717, 1.165) is 12.1 Å². The largest absolute Gasteiger partial charge is 0.364 e. The first-order valence-electron chi connectivity index (χ1n) is 7.12. The maximum atomic E-state index is 4.22. The average molecular weight is 352 g/mol. The Morgan fingerprint density at radius 3 is 2.17 bits per heavy atom. The van der Waals surface area contributed by atoms with Crippen LogP contribution in [0.2, 0.25) is 0 Å². The van der Waals surface area contributed by atoms with E-state index < -0.39 is 0 Å². The molecule has 0 aromatic carbocycles. The van der Waals surface area contributed by atoms with Gasteiger partial charge in [0, 0.05) is 31.0 Å². The molecule has 1 aromatic heterocycles. The van der Waals surface area contributed by atoms with Crippen molar-refractivity contribution in [2.24, 2.45) is 20.4 Å². The highest BCUT2D eigenvalue weighted by atomic mass is 32.1. The van der Waals surface area contributed by atoms with Gasteiger partial charge in [-0.25, -0.2) is 0 Å². The molecule has 0 aliphatic heterocycles. The van der Waals surface area contributed by atoms with E-state index in [1.807, 2.05) is 26.0 Å². The normalized spacial score (nSPS) is 14.0. The van der Waals surface area contributed by atoms with Gasteiger partial charge in [0.15, 0.2) is 10.3 Å². The van der Waals surface area contributed by atoms with Gasteiger partial charge in [0.1, 0.15) is 5.71 Å². The minimum atomic E-state index is 0.424. The molecule has 23 heavy (non-hydrogen) atoms. The Morgan fingerprint density at radius 1 is 1.04 bits per heavy atom. The molecule has 2 N–H and O–H groups in total. The molecular weight excluding hydrogens is 330 g/mol. The average Bonchev–Trinajstić information content (AvgIpc) is 2.54. The van der Waals surface area contributed by atoms with E-state index in [1.54, 1.807) is 19.3 Å².